The van der Waals surface area contributed by atoms with Gasteiger partial charge in [0.05, 0.1) is 11.1 Å². The molecule has 2 amide bonds. The number of carbonyl (C=O) groups is 2. The van der Waals surface area contributed by atoms with Crippen LogP contribution in [-0.4, -0.2) is 35.3 Å². The van der Waals surface area contributed by atoms with E-state index in [1.165, 1.54) is 6.07 Å². The predicted octanol–water partition coefficient (Wildman–Crippen LogP) is 3.79. The van der Waals surface area contributed by atoms with Crippen LogP contribution in [0, 0.1) is 6.92 Å². The van der Waals surface area contributed by atoms with Crippen molar-refractivity contribution in [2.45, 2.75) is 31.5 Å². The number of amides is 2. The van der Waals surface area contributed by atoms with E-state index in [0.29, 0.717) is 36.2 Å². The minimum absolute atomic E-state index is 0.0309. The molecule has 2 heterocycles. The van der Waals surface area contributed by atoms with E-state index in [1.807, 2.05) is 0 Å². The summed E-state index contributed by atoms with van der Waals surface area (Å²) in [6.07, 6.45) is -3.11. The molecule has 0 bridgehead atoms. The van der Waals surface area contributed by atoms with Crippen molar-refractivity contribution in [3.63, 3.8) is 0 Å². The second-order valence-electron chi connectivity index (χ2n) is 7.59. The Hall–Kier alpha value is -2.83. The molecular formula is C21H19F3N2O2. The van der Waals surface area contributed by atoms with Crippen LogP contribution in [-0.2, 0) is 11.0 Å². The first kappa shape index (κ1) is 18.5. The normalized spacial score (nSPS) is 18.1. The summed E-state index contributed by atoms with van der Waals surface area (Å²) in [5, 5.41) is 2.94. The van der Waals surface area contributed by atoms with E-state index in [4.69, 9.17) is 0 Å². The van der Waals surface area contributed by atoms with Gasteiger partial charge in [-0.25, -0.2) is 0 Å². The summed E-state index contributed by atoms with van der Waals surface area (Å²) in [4.78, 5) is 25.7. The molecule has 7 heteroatoms. The van der Waals surface area contributed by atoms with Crippen LogP contribution in [0.5, 0.6) is 0 Å². The van der Waals surface area contributed by atoms with Crippen molar-refractivity contribution in [1.29, 1.82) is 0 Å². The van der Waals surface area contributed by atoms with E-state index in [0.717, 1.165) is 24.1 Å². The first-order chi connectivity index (χ1) is 13.2. The third-order valence-corrected chi connectivity index (χ3v) is 5.51. The van der Waals surface area contributed by atoms with Crippen molar-refractivity contribution in [2.75, 3.05) is 13.1 Å². The number of halogens is 3. The van der Waals surface area contributed by atoms with Gasteiger partial charge in [-0.1, -0.05) is 18.2 Å². The molecule has 2 saturated heterocycles. The molecule has 2 aromatic rings. The van der Waals surface area contributed by atoms with Crippen LogP contribution < -0.4 is 5.32 Å². The van der Waals surface area contributed by atoms with Gasteiger partial charge in [0.1, 0.15) is 0 Å². The number of likely N-dealkylation sites (tertiary alicyclic amines) is 1. The van der Waals surface area contributed by atoms with E-state index < -0.39 is 11.7 Å². The lowest BCUT2D eigenvalue weighted by Crippen LogP contribution is -2.68. The predicted molar refractivity (Wildman–Crippen MR) is 97.6 cm³/mol. The molecule has 0 radical (unpaired) electrons. The Morgan fingerprint density at radius 1 is 1.11 bits per heavy atom. The first-order valence-corrected chi connectivity index (χ1v) is 9.05. The zero-order valence-electron chi connectivity index (χ0n) is 15.3. The molecule has 4 nitrogen and oxygen atoms in total. The highest BCUT2D eigenvalue weighted by atomic mass is 19.4. The molecule has 0 unspecified atom stereocenters. The number of rotatable bonds is 2. The lowest BCUT2D eigenvalue weighted by atomic mass is 9.87. The van der Waals surface area contributed by atoms with E-state index in [1.54, 1.807) is 36.1 Å². The fourth-order valence-corrected chi connectivity index (χ4v) is 3.98. The molecule has 1 N–H and O–H groups in total. The van der Waals surface area contributed by atoms with Crippen LogP contribution in [0.3, 0.4) is 0 Å². The fraction of sp³-hybridized carbons (Fsp3) is 0.333. The van der Waals surface area contributed by atoms with E-state index >= 15 is 0 Å². The summed E-state index contributed by atoms with van der Waals surface area (Å²) in [7, 11) is 0. The third kappa shape index (κ3) is 3.25. The number of nitrogens with zero attached hydrogens (tertiary/aromatic N) is 1. The van der Waals surface area contributed by atoms with Gasteiger partial charge in [-0.05, 0) is 54.3 Å². The Labute approximate surface area is 160 Å². The number of carbonyl (C=O) groups excluding carboxylic acids is 2. The molecule has 0 aliphatic carbocycles. The van der Waals surface area contributed by atoms with Crippen LogP contribution in [0.4, 0.5) is 13.2 Å². The number of hydrogen-bond donors (Lipinski definition) is 1. The van der Waals surface area contributed by atoms with Gasteiger partial charge in [0.25, 0.3) is 5.91 Å². The van der Waals surface area contributed by atoms with Crippen molar-refractivity contribution in [2.24, 2.45) is 0 Å². The fourth-order valence-electron chi connectivity index (χ4n) is 3.98. The summed E-state index contributed by atoms with van der Waals surface area (Å²) in [5.74, 6) is -0.0779. The maximum atomic E-state index is 12.8. The number of benzene rings is 2. The Morgan fingerprint density at radius 2 is 1.79 bits per heavy atom. The molecular weight excluding hydrogens is 369 g/mol. The molecule has 0 aromatic heterocycles. The van der Waals surface area contributed by atoms with Crippen molar-refractivity contribution in [1.82, 2.24) is 10.2 Å². The van der Waals surface area contributed by atoms with Gasteiger partial charge in [-0.2, -0.15) is 13.2 Å². The number of alkyl halides is 3. The SMILES string of the molecule is Cc1cc(C(F)(F)F)ccc1-c1ccc(C(=O)N2CC3(CCC(=O)N3)C2)cc1. The van der Waals surface area contributed by atoms with Crippen LogP contribution >= 0.6 is 0 Å². The Balaban J connectivity index is 1.47. The average Bonchev–Trinajstić information content (AvgIpc) is 3.01. The van der Waals surface area contributed by atoms with Gasteiger partial charge in [0.2, 0.25) is 5.91 Å². The summed E-state index contributed by atoms with van der Waals surface area (Å²) in [6.45, 7) is 2.66. The molecule has 28 heavy (non-hydrogen) atoms. The Morgan fingerprint density at radius 3 is 2.32 bits per heavy atom. The summed E-state index contributed by atoms with van der Waals surface area (Å²) in [5.41, 5.74) is 1.56. The molecule has 1 spiro atoms. The maximum absolute atomic E-state index is 12.8. The molecule has 2 aliphatic heterocycles. The van der Waals surface area contributed by atoms with Gasteiger partial charge in [0, 0.05) is 25.1 Å². The number of nitrogens with one attached hydrogen (secondary N) is 1. The minimum atomic E-state index is -4.37. The van der Waals surface area contributed by atoms with Gasteiger partial charge >= 0.3 is 6.18 Å². The summed E-state index contributed by atoms with van der Waals surface area (Å²) in [6, 6.07) is 10.5. The quantitative estimate of drug-likeness (QED) is 0.851. The largest absolute Gasteiger partial charge is 0.416 e. The second-order valence-corrected chi connectivity index (χ2v) is 7.59. The van der Waals surface area contributed by atoms with Crippen LogP contribution in [0.25, 0.3) is 11.1 Å². The van der Waals surface area contributed by atoms with E-state index in [9.17, 15) is 22.8 Å². The smallest absolute Gasteiger partial charge is 0.347 e. The highest BCUT2D eigenvalue weighted by Crippen LogP contribution is 2.34. The van der Waals surface area contributed by atoms with E-state index in [-0.39, 0.29) is 17.4 Å². The van der Waals surface area contributed by atoms with Gasteiger partial charge in [-0.3, -0.25) is 9.59 Å². The maximum Gasteiger partial charge on any atom is 0.416 e. The molecule has 2 aromatic carbocycles. The summed E-state index contributed by atoms with van der Waals surface area (Å²) < 4.78 is 38.5. The third-order valence-electron chi connectivity index (χ3n) is 5.51. The van der Waals surface area contributed by atoms with Crippen LogP contribution in [0.2, 0.25) is 0 Å². The van der Waals surface area contributed by atoms with Crippen LogP contribution in [0.1, 0.15) is 34.3 Å². The molecule has 0 atom stereocenters. The molecule has 0 saturated carbocycles. The van der Waals surface area contributed by atoms with Crippen molar-refractivity contribution in [3.05, 3.63) is 59.2 Å². The monoisotopic (exact) mass is 388 g/mol. The highest BCUT2D eigenvalue weighted by Gasteiger charge is 2.49. The number of aryl methyl sites for hydroxylation is 1. The van der Waals surface area contributed by atoms with Gasteiger partial charge < -0.3 is 10.2 Å². The average molecular weight is 388 g/mol. The second kappa shape index (κ2) is 6.36. The standard InChI is InChI=1S/C21H19F3N2O2/c1-13-10-16(21(22,23)24)6-7-17(13)14-2-4-15(5-3-14)19(28)26-11-20(12-26)9-8-18(27)25-20/h2-7,10H,8-9,11-12H2,1H3,(H,25,27). The van der Waals surface area contributed by atoms with Crippen molar-refractivity contribution in [3.8, 4) is 11.1 Å². The topological polar surface area (TPSA) is 49.4 Å². The van der Waals surface area contributed by atoms with Crippen molar-refractivity contribution >= 4 is 11.8 Å². The zero-order chi connectivity index (χ0) is 20.1. The molecule has 4 rings (SSSR count). The van der Waals surface area contributed by atoms with Gasteiger partial charge in [0.15, 0.2) is 0 Å². The molecule has 2 aliphatic rings. The summed E-state index contributed by atoms with van der Waals surface area (Å²) >= 11 is 0. The van der Waals surface area contributed by atoms with Crippen molar-refractivity contribution < 1.29 is 22.8 Å². The molecule has 146 valence electrons. The number of hydrogen-bond acceptors (Lipinski definition) is 2. The van der Waals surface area contributed by atoms with Gasteiger partial charge in [-0.15, -0.1) is 0 Å². The van der Waals surface area contributed by atoms with Crippen LogP contribution in [0.15, 0.2) is 42.5 Å². The minimum Gasteiger partial charge on any atom is -0.347 e. The highest BCUT2D eigenvalue weighted by molar-refractivity contribution is 5.96. The lowest BCUT2D eigenvalue weighted by Gasteiger charge is -2.47. The first-order valence-electron chi connectivity index (χ1n) is 9.05. The zero-order valence-corrected chi connectivity index (χ0v) is 15.3. The molecule has 2 fully saturated rings. The Kier molecular flexibility index (Phi) is 4.21. The lowest BCUT2D eigenvalue weighted by molar-refractivity contribution is -0.137. The Bertz CT molecular complexity index is 945. The van der Waals surface area contributed by atoms with E-state index in [2.05, 4.69) is 5.32 Å².